The van der Waals surface area contributed by atoms with Gasteiger partial charge in [0.05, 0.1) is 11.8 Å². The Hall–Kier alpha value is -4.65. The number of anilines is 1. The number of nitrogens with one attached hydrogen (secondary N) is 1. The summed E-state index contributed by atoms with van der Waals surface area (Å²) in [6.07, 6.45) is 0. The quantitative estimate of drug-likeness (QED) is 0.160. The van der Waals surface area contributed by atoms with Gasteiger partial charge in [0.15, 0.2) is 0 Å². The highest BCUT2D eigenvalue weighted by Gasteiger charge is 2.73. The van der Waals surface area contributed by atoms with Gasteiger partial charge in [-0.1, -0.05) is 78.9 Å². The van der Waals surface area contributed by atoms with Crippen molar-refractivity contribution in [3.05, 3.63) is 138 Å². The largest absolute Gasteiger partial charge is 0.457 e. The van der Waals surface area contributed by atoms with Crippen LogP contribution in [0.2, 0.25) is 0 Å². The monoisotopic (exact) mass is 632 g/mol. The molecule has 3 aliphatic carbocycles. The molecule has 3 atom stereocenters. The van der Waals surface area contributed by atoms with Crippen LogP contribution in [0.4, 0.5) is 5.69 Å². The third kappa shape index (κ3) is 3.85. The van der Waals surface area contributed by atoms with Gasteiger partial charge in [0.2, 0.25) is 17.7 Å². The second kappa shape index (κ2) is 9.93. The van der Waals surface area contributed by atoms with Crippen molar-refractivity contribution in [2.75, 3.05) is 5.32 Å². The number of hydrogen-bond acceptors (Lipinski definition) is 4. The van der Waals surface area contributed by atoms with Crippen LogP contribution < -0.4 is 10.1 Å². The molecule has 0 radical (unpaired) electrons. The van der Waals surface area contributed by atoms with Crippen molar-refractivity contribution < 1.29 is 19.1 Å². The standard InChI is InChI=1S/C37H26Cl2N2O4/c1-21(33(42)40-24-15-18-25(19-16-24)45-26-17-14-22-8-2-3-9-23(22)20-26)41-34(43)31-32(35(41)44)37(39)28-11-5-4-10-27(28)36(31,38)29-12-6-7-13-30(29)37/h2-21,31-32H,1H3,(H,40,42)/t21-,31-,32-,36?,37?/m1/s1. The van der Waals surface area contributed by atoms with E-state index in [9.17, 15) is 14.4 Å². The van der Waals surface area contributed by atoms with E-state index in [2.05, 4.69) is 5.32 Å². The summed E-state index contributed by atoms with van der Waals surface area (Å²) in [5, 5.41) is 5.03. The van der Waals surface area contributed by atoms with Gasteiger partial charge in [-0.3, -0.25) is 19.3 Å². The fourth-order valence-electron chi connectivity index (χ4n) is 7.41. The van der Waals surface area contributed by atoms with Gasteiger partial charge < -0.3 is 10.1 Å². The first-order chi connectivity index (χ1) is 21.7. The van der Waals surface area contributed by atoms with E-state index in [1.165, 1.54) is 0 Å². The Morgan fingerprint density at radius 3 is 1.69 bits per heavy atom. The smallest absolute Gasteiger partial charge is 0.247 e. The molecule has 0 saturated carbocycles. The Morgan fingerprint density at radius 1 is 0.689 bits per heavy atom. The van der Waals surface area contributed by atoms with E-state index in [1.807, 2.05) is 91.0 Å². The van der Waals surface area contributed by atoms with E-state index in [1.54, 1.807) is 31.2 Å². The number of likely N-dealkylation sites (tertiary alicyclic amines) is 1. The molecule has 5 aromatic carbocycles. The zero-order chi connectivity index (χ0) is 31.1. The fourth-order valence-corrected chi connectivity index (χ4v) is 8.51. The SMILES string of the molecule is C[C@H](C(=O)Nc1ccc(Oc2ccc3ccccc3c2)cc1)N1C(=O)[C@H]2[C@H](C1=O)C1(Cl)c3ccccc3C2(Cl)c2ccccc21. The minimum absolute atomic E-state index is 0.497. The molecule has 1 N–H and O–H groups in total. The van der Waals surface area contributed by atoms with Crippen LogP contribution in [0.15, 0.2) is 115 Å². The molecule has 5 aromatic rings. The molecule has 2 bridgehead atoms. The number of fused-ring (bicyclic) bond motifs is 1. The van der Waals surface area contributed by atoms with E-state index >= 15 is 0 Å². The van der Waals surface area contributed by atoms with Crippen LogP contribution in [0.1, 0.15) is 29.2 Å². The summed E-state index contributed by atoms with van der Waals surface area (Å²) in [4.78, 5) is 40.3. The first-order valence-electron chi connectivity index (χ1n) is 14.7. The molecule has 4 aliphatic rings. The van der Waals surface area contributed by atoms with Crippen LogP contribution in [0.3, 0.4) is 0 Å². The highest BCUT2D eigenvalue weighted by atomic mass is 35.5. The Morgan fingerprint density at radius 2 is 1.16 bits per heavy atom. The van der Waals surface area contributed by atoms with Crippen LogP contribution in [-0.2, 0) is 24.1 Å². The predicted molar refractivity (Wildman–Crippen MR) is 174 cm³/mol. The lowest BCUT2D eigenvalue weighted by Crippen LogP contribution is -2.57. The molecule has 1 fully saturated rings. The van der Waals surface area contributed by atoms with Gasteiger partial charge in [0.25, 0.3) is 0 Å². The second-order valence-corrected chi connectivity index (χ2v) is 13.0. The van der Waals surface area contributed by atoms with E-state index in [0.717, 1.165) is 15.7 Å². The number of amides is 3. The number of benzene rings is 5. The molecule has 45 heavy (non-hydrogen) atoms. The first kappa shape index (κ1) is 27.9. The zero-order valence-electron chi connectivity index (χ0n) is 24.0. The van der Waals surface area contributed by atoms with Crippen molar-refractivity contribution in [1.29, 1.82) is 0 Å². The average molecular weight is 634 g/mol. The lowest BCUT2D eigenvalue weighted by molar-refractivity contribution is -0.146. The topological polar surface area (TPSA) is 75.7 Å². The molecule has 0 unspecified atom stereocenters. The Labute approximate surface area is 269 Å². The van der Waals surface area contributed by atoms with Crippen molar-refractivity contribution in [2.45, 2.75) is 22.7 Å². The van der Waals surface area contributed by atoms with Gasteiger partial charge in [-0.25, -0.2) is 0 Å². The molecular formula is C37H26Cl2N2O4. The van der Waals surface area contributed by atoms with E-state index in [0.29, 0.717) is 39.4 Å². The van der Waals surface area contributed by atoms with Crippen molar-refractivity contribution in [3.63, 3.8) is 0 Å². The second-order valence-electron chi connectivity index (χ2n) is 11.8. The average Bonchev–Trinajstić information content (AvgIpc) is 3.34. The molecule has 9 rings (SSSR count). The van der Waals surface area contributed by atoms with Crippen molar-refractivity contribution in [2.24, 2.45) is 11.8 Å². The molecule has 0 spiro atoms. The molecule has 8 heteroatoms. The third-order valence-electron chi connectivity index (χ3n) is 9.46. The molecule has 3 amide bonds. The van der Waals surface area contributed by atoms with Crippen molar-refractivity contribution in [1.82, 2.24) is 4.90 Å². The molecular weight excluding hydrogens is 607 g/mol. The number of imide groups is 1. The number of alkyl halides is 2. The van der Waals surface area contributed by atoms with Crippen LogP contribution >= 0.6 is 23.2 Å². The Kier molecular flexibility index (Phi) is 6.15. The summed E-state index contributed by atoms with van der Waals surface area (Å²) in [5.74, 6) is -2.15. The number of hydrogen-bond donors (Lipinski definition) is 1. The number of nitrogens with zero attached hydrogens (tertiary/aromatic N) is 1. The molecule has 1 aliphatic heterocycles. The van der Waals surface area contributed by atoms with Crippen LogP contribution in [0, 0.1) is 11.8 Å². The summed E-state index contributed by atoms with van der Waals surface area (Å²) in [5.41, 5.74) is 3.36. The van der Waals surface area contributed by atoms with Crippen molar-refractivity contribution in [3.8, 4) is 11.5 Å². The fraction of sp³-hybridized carbons (Fsp3) is 0.162. The number of rotatable bonds is 5. The van der Waals surface area contributed by atoms with Crippen LogP contribution in [-0.4, -0.2) is 28.7 Å². The summed E-state index contributed by atoms with van der Waals surface area (Å²) in [6, 6.07) is 34.6. The lowest BCUT2D eigenvalue weighted by atomic mass is 9.54. The molecule has 0 aromatic heterocycles. The zero-order valence-corrected chi connectivity index (χ0v) is 25.5. The van der Waals surface area contributed by atoms with Gasteiger partial charge >= 0.3 is 0 Å². The van der Waals surface area contributed by atoms with Crippen LogP contribution in [0.5, 0.6) is 11.5 Å². The highest BCUT2D eigenvalue weighted by Crippen LogP contribution is 2.69. The summed E-state index contributed by atoms with van der Waals surface area (Å²) in [6.45, 7) is 1.55. The van der Waals surface area contributed by atoms with Gasteiger partial charge in [-0.2, -0.15) is 0 Å². The van der Waals surface area contributed by atoms with E-state index in [-0.39, 0.29) is 0 Å². The molecule has 1 heterocycles. The summed E-state index contributed by atoms with van der Waals surface area (Å²) >= 11 is 15.0. The number of ether oxygens (including phenoxy) is 1. The van der Waals surface area contributed by atoms with Crippen LogP contribution in [0.25, 0.3) is 10.8 Å². The molecule has 1 saturated heterocycles. The normalized spacial score (nSPS) is 25.0. The van der Waals surface area contributed by atoms with Crippen molar-refractivity contribution >= 4 is 57.4 Å². The number of carbonyl (C=O) groups is 3. The molecule has 222 valence electrons. The lowest BCUT2D eigenvalue weighted by Gasteiger charge is -2.54. The van der Waals surface area contributed by atoms with Gasteiger partial charge in [-0.05, 0) is 76.3 Å². The van der Waals surface area contributed by atoms with Gasteiger partial charge in [0.1, 0.15) is 27.3 Å². The van der Waals surface area contributed by atoms with Gasteiger partial charge in [-0.15, -0.1) is 23.2 Å². The Bertz CT molecular complexity index is 1940. The summed E-state index contributed by atoms with van der Waals surface area (Å²) < 4.78 is 6.02. The maximum absolute atomic E-state index is 14.2. The third-order valence-corrected chi connectivity index (χ3v) is 10.7. The predicted octanol–water partition coefficient (Wildman–Crippen LogP) is 7.55. The minimum atomic E-state index is -1.30. The highest BCUT2D eigenvalue weighted by molar-refractivity contribution is 6.36. The Balaban J connectivity index is 1.05. The molecule has 6 nitrogen and oxygen atoms in total. The van der Waals surface area contributed by atoms with E-state index < -0.39 is 45.3 Å². The van der Waals surface area contributed by atoms with E-state index in [4.69, 9.17) is 27.9 Å². The maximum Gasteiger partial charge on any atom is 0.247 e. The van der Waals surface area contributed by atoms with Gasteiger partial charge in [0, 0.05) is 5.69 Å². The first-order valence-corrected chi connectivity index (χ1v) is 15.5. The minimum Gasteiger partial charge on any atom is -0.457 e. The summed E-state index contributed by atoms with van der Waals surface area (Å²) in [7, 11) is 0. The number of halogens is 2. The number of carbonyl (C=O) groups excluding carboxylic acids is 3. The maximum atomic E-state index is 14.2.